The predicted octanol–water partition coefficient (Wildman–Crippen LogP) is 2.49. The Hall–Kier alpha value is -2.28. The Labute approximate surface area is 115 Å². The monoisotopic (exact) mass is 276 g/mol. The van der Waals surface area contributed by atoms with Gasteiger partial charge in [-0.1, -0.05) is 30.6 Å². The van der Waals surface area contributed by atoms with Crippen LogP contribution in [0.3, 0.4) is 0 Å². The zero-order valence-corrected chi connectivity index (χ0v) is 11.2. The molecule has 2 N–H and O–H groups in total. The number of nitrogens with two attached hydrogens (primary N) is 1. The summed E-state index contributed by atoms with van der Waals surface area (Å²) < 4.78 is 5.21. The molecular formula is C13H16N4O3. The molecule has 1 aromatic carbocycles. The number of nitro groups is 1. The van der Waals surface area contributed by atoms with Gasteiger partial charge in [-0.25, -0.2) is 0 Å². The molecule has 0 spiro atoms. The van der Waals surface area contributed by atoms with E-state index in [1.807, 2.05) is 0 Å². The van der Waals surface area contributed by atoms with Crippen molar-refractivity contribution in [2.24, 2.45) is 5.73 Å². The van der Waals surface area contributed by atoms with Gasteiger partial charge in [0, 0.05) is 24.2 Å². The number of hydrogen-bond donors (Lipinski definition) is 1. The van der Waals surface area contributed by atoms with E-state index in [4.69, 9.17) is 10.3 Å². The number of non-ortho nitro benzene ring substituents is 1. The van der Waals surface area contributed by atoms with Gasteiger partial charge in [0.2, 0.25) is 11.7 Å². The minimum atomic E-state index is -0.454. The first kappa shape index (κ1) is 14.1. The maximum atomic E-state index is 10.8. The van der Waals surface area contributed by atoms with E-state index in [0.29, 0.717) is 23.8 Å². The average molecular weight is 276 g/mol. The lowest BCUT2D eigenvalue weighted by Gasteiger charge is -2.06. The van der Waals surface area contributed by atoms with Crippen molar-refractivity contribution in [3.8, 4) is 11.4 Å². The van der Waals surface area contributed by atoms with Crippen LogP contribution in [0.1, 0.15) is 31.6 Å². The van der Waals surface area contributed by atoms with Gasteiger partial charge >= 0.3 is 0 Å². The lowest BCUT2D eigenvalue weighted by Crippen LogP contribution is -2.12. The second-order valence-corrected chi connectivity index (χ2v) is 4.48. The fourth-order valence-corrected chi connectivity index (χ4v) is 1.97. The molecule has 0 saturated carbocycles. The fraction of sp³-hybridized carbons (Fsp3) is 0.385. The molecule has 1 atom stereocenters. The maximum Gasteiger partial charge on any atom is 0.270 e. The maximum absolute atomic E-state index is 10.8. The van der Waals surface area contributed by atoms with E-state index in [-0.39, 0.29) is 11.6 Å². The molecule has 0 aliphatic carbocycles. The van der Waals surface area contributed by atoms with Crippen LogP contribution in [-0.4, -0.2) is 21.6 Å². The highest BCUT2D eigenvalue weighted by Gasteiger charge is 2.18. The Morgan fingerprint density at radius 1 is 1.50 bits per heavy atom. The van der Waals surface area contributed by atoms with Gasteiger partial charge in [-0.05, 0) is 6.42 Å². The predicted molar refractivity (Wildman–Crippen MR) is 73.1 cm³/mol. The van der Waals surface area contributed by atoms with Crippen molar-refractivity contribution in [2.75, 3.05) is 6.54 Å². The van der Waals surface area contributed by atoms with Crippen LogP contribution in [0.4, 0.5) is 5.69 Å². The number of rotatable bonds is 6. The topological polar surface area (TPSA) is 108 Å². The van der Waals surface area contributed by atoms with Crippen molar-refractivity contribution in [1.82, 2.24) is 10.1 Å². The molecule has 0 bridgehead atoms. The molecule has 1 heterocycles. The van der Waals surface area contributed by atoms with Gasteiger partial charge in [-0.3, -0.25) is 10.1 Å². The Bertz CT molecular complexity index is 597. The first-order valence-electron chi connectivity index (χ1n) is 6.44. The lowest BCUT2D eigenvalue weighted by atomic mass is 10.0. The standard InChI is InChI=1S/C13H16N4O3/c1-2-4-10(8-14)13-15-12(16-20-13)9-5-3-6-11(7-9)17(18)19/h3,5-7,10H,2,4,8,14H2,1H3. The van der Waals surface area contributed by atoms with E-state index < -0.39 is 4.92 Å². The molecule has 0 aliphatic rings. The molecule has 1 unspecified atom stereocenters. The van der Waals surface area contributed by atoms with Crippen molar-refractivity contribution in [3.63, 3.8) is 0 Å². The van der Waals surface area contributed by atoms with Crippen LogP contribution >= 0.6 is 0 Å². The summed E-state index contributed by atoms with van der Waals surface area (Å²) in [6.07, 6.45) is 1.84. The van der Waals surface area contributed by atoms with Crippen molar-refractivity contribution in [3.05, 3.63) is 40.3 Å². The summed E-state index contributed by atoms with van der Waals surface area (Å²) in [6.45, 7) is 2.49. The number of nitro benzene ring substituents is 1. The zero-order chi connectivity index (χ0) is 14.5. The van der Waals surface area contributed by atoms with E-state index in [2.05, 4.69) is 17.1 Å². The van der Waals surface area contributed by atoms with Crippen LogP contribution in [0, 0.1) is 10.1 Å². The van der Waals surface area contributed by atoms with Gasteiger partial charge in [0.25, 0.3) is 5.69 Å². The Kier molecular flexibility index (Phi) is 4.41. The summed E-state index contributed by atoms with van der Waals surface area (Å²) in [6, 6.07) is 6.14. The van der Waals surface area contributed by atoms with Gasteiger partial charge in [0.05, 0.1) is 10.8 Å². The second-order valence-electron chi connectivity index (χ2n) is 4.48. The van der Waals surface area contributed by atoms with E-state index >= 15 is 0 Å². The van der Waals surface area contributed by atoms with Crippen LogP contribution in [-0.2, 0) is 0 Å². The van der Waals surface area contributed by atoms with Crippen molar-refractivity contribution >= 4 is 5.69 Å². The SMILES string of the molecule is CCCC(CN)c1nc(-c2cccc([N+](=O)[O-])c2)no1. The first-order valence-corrected chi connectivity index (χ1v) is 6.44. The number of nitrogens with zero attached hydrogens (tertiary/aromatic N) is 3. The molecule has 20 heavy (non-hydrogen) atoms. The van der Waals surface area contributed by atoms with Crippen molar-refractivity contribution < 1.29 is 9.45 Å². The third-order valence-corrected chi connectivity index (χ3v) is 3.03. The Morgan fingerprint density at radius 2 is 2.30 bits per heavy atom. The molecule has 0 radical (unpaired) electrons. The average Bonchev–Trinajstić information content (AvgIpc) is 2.94. The lowest BCUT2D eigenvalue weighted by molar-refractivity contribution is -0.384. The second kappa shape index (κ2) is 6.25. The summed E-state index contributed by atoms with van der Waals surface area (Å²) >= 11 is 0. The Morgan fingerprint density at radius 3 is 2.95 bits per heavy atom. The summed E-state index contributed by atoms with van der Waals surface area (Å²) in [7, 11) is 0. The highest BCUT2D eigenvalue weighted by molar-refractivity contribution is 5.58. The molecule has 106 valence electrons. The number of benzene rings is 1. The molecule has 7 nitrogen and oxygen atoms in total. The van der Waals surface area contributed by atoms with Crippen LogP contribution in [0.5, 0.6) is 0 Å². The van der Waals surface area contributed by atoms with Crippen LogP contribution in [0.25, 0.3) is 11.4 Å². The molecule has 0 aliphatic heterocycles. The van der Waals surface area contributed by atoms with E-state index in [1.54, 1.807) is 12.1 Å². The molecule has 7 heteroatoms. The highest BCUT2D eigenvalue weighted by Crippen LogP contribution is 2.24. The molecule has 2 aromatic rings. The normalized spacial score (nSPS) is 12.3. The Balaban J connectivity index is 2.28. The number of hydrogen-bond acceptors (Lipinski definition) is 6. The smallest absolute Gasteiger partial charge is 0.270 e. The molecule has 0 saturated heterocycles. The highest BCUT2D eigenvalue weighted by atomic mass is 16.6. The summed E-state index contributed by atoms with van der Waals surface area (Å²) in [5.41, 5.74) is 6.24. The molecule has 1 aromatic heterocycles. The van der Waals surface area contributed by atoms with E-state index in [0.717, 1.165) is 12.8 Å². The van der Waals surface area contributed by atoms with Gasteiger partial charge in [-0.2, -0.15) is 4.98 Å². The van der Waals surface area contributed by atoms with Crippen LogP contribution in [0.15, 0.2) is 28.8 Å². The zero-order valence-electron chi connectivity index (χ0n) is 11.2. The number of aromatic nitrogens is 2. The van der Waals surface area contributed by atoms with E-state index in [1.165, 1.54) is 12.1 Å². The largest absolute Gasteiger partial charge is 0.339 e. The van der Waals surface area contributed by atoms with Gasteiger partial charge in [0.1, 0.15) is 0 Å². The minimum Gasteiger partial charge on any atom is -0.339 e. The van der Waals surface area contributed by atoms with Gasteiger partial charge < -0.3 is 10.3 Å². The molecule has 0 amide bonds. The van der Waals surface area contributed by atoms with Gasteiger partial charge in [-0.15, -0.1) is 0 Å². The third-order valence-electron chi connectivity index (χ3n) is 3.03. The quantitative estimate of drug-likeness (QED) is 0.641. The molecule has 0 fully saturated rings. The summed E-state index contributed by atoms with van der Waals surface area (Å²) in [5.74, 6) is 0.856. The van der Waals surface area contributed by atoms with Gasteiger partial charge in [0.15, 0.2) is 0 Å². The third kappa shape index (κ3) is 3.00. The molecular weight excluding hydrogens is 260 g/mol. The summed E-state index contributed by atoms with van der Waals surface area (Å²) in [4.78, 5) is 14.6. The van der Waals surface area contributed by atoms with Crippen molar-refractivity contribution in [2.45, 2.75) is 25.7 Å². The first-order chi connectivity index (χ1) is 9.65. The molecule has 2 rings (SSSR count). The van der Waals surface area contributed by atoms with Crippen molar-refractivity contribution in [1.29, 1.82) is 0 Å². The summed E-state index contributed by atoms with van der Waals surface area (Å²) in [5, 5.41) is 14.6. The van der Waals surface area contributed by atoms with Crippen LogP contribution in [0.2, 0.25) is 0 Å². The van der Waals surface area contributed by atoms with E-state index in [9.17, 15) is 10.1 Å². The van der Waals surface area contributed by atoms with Crippen LogP contribution < -0.4 is 5.73 Å². The fourth-order valence-electron chi connectivity index (χ4n) is 1.97. The minimum absolute atomic E-state index is 0.00205.